The molecule has 10 nitrogen and oxygen atoms in total. The fourth-order valence-corrected chi connectivity index (χ4v) is 3.03. The highest BCUT2D eigenvalue weighted by Gasteiger charge is 2.29. The molecule has 0 saturated carbocycles. The van der Waals surface area contributed by atoms with Gasteiger partial charge in [-0.3, -0.25) is 9.05 Å². The Labute approximate surface area is 141 Å². The molecule has 0 aromatic carbocycles. The van der Waals surface area contributed by atoms with E-state index in [9.17, 15) is 9.13 Å². The second-order valence-corrected chi connectivity index (χ2v) is 8.52. The van der Waals surface area contributed by atoms with E-state index in [4.69, 9.17) is 29.0 Å². The highest BCUT2D eigenvalue weighted by atomic mass is 31.2. The number of hydrogen-bond acceptors (Lipinski definition) is 6. The van der Waals surface area contributed by atoms with E-state index in [0.717, 1.165) is 0 Å². The third-order valence-corrected chi connectivity index (χ3v) is 4.09. The molecule has 0 rings (SSSR count). The summed E-state index contributed by atoms with van der Waals surface area (Å²) in [6, 6.07) is 0. The summed E-state index contributed by atoms with van der Waals surface area (Å²) in [5.41, 5.74) is -2.09. The monoisotopic (exact) mass is 392 g/mol. The van der Waals surface area contributed by atoms with Gasteiger partial charge in [-0.2, -0.15) is 0 Å². The highest BCUT2D eigenvalue weighted by Crippen LogP contribution is 2.43. The summed E-state index contributed by atoms with van der Waals surface area (Å²) in [7, 11) is -9.11. The van der Waals surface area contributed by atoms with Crippen LogP contribution in [0.4, 0.5) is 0 Å². The maximum absolute atomic E-state index is 10.8. The van der Waals surface area contributed by atoms with Crippen LogP contribution in [0.1, 0.15) is 40.5 Å². The summed E-state index contributed by atoms with van der Waals surface area (Å²) < 4.78 is 40.9. The Kier molecular flexibility index (Phi) is 9.14. The Morgan fingerprint density at radius 3 is 1.29 bits per heavy atom. The topological polar surface area (TPSA) is 152 Å². The molecule has 0 saturated heterocycles. The van der Waals surface area contributed by atoms with Gasteiger partial charge >= 0.3 is 15.6 Å². The molecular weight excluding hydrogens is 366 g/mol. The van der Waals surface area contributed by atoms with Crippen LogP contribution in [0.5, 0.6) is 0 Å². The summed E-state index contributed by atoms with van der Waals surface area (Å²) in [5.74, 6) is 0. The van der Waals surface area contributed by atoms with E-state index in [1.807, 2.05) is 0 Å². The van der Waals surface area contributed by atoms with Gasteiger partial charge < -0.3 is 29.0 Å². The van der Waals surface area contributed by atoms with Gasteiger partial charge in [0, 0.05) is 12.8 Å². The fraction of sp³-hybridized carbons (Fsp3) is 0.833. The van der Waals surface area contributed by atoms with Crippen LogP contribution in [-0.2, 0) is 27.7 Å². The number of phosphoric acid groups is 2. The van der Waals surface area contributed by atoms with Crippen LogP contribution >= 0.6 is 15.6 Å². The first-order valence-electron chi connectivity index (χ1n) is 7.03. The van der Waals surface area contributed by atoms with Gasteiger partial charge in [0.1, 0.15) is 12.5 Å². The molecule has 0 amide bonds. The Hall–Kier alpha value is -0.440. The number of hydrogen-bond donors (Lipinski definition) is 4. The molecule has 0 radical (unpaired) electrons. The zero-order chi connectivity index (χ0) is 19.1. The standard InChI is InChI=1S/C12H26O10P2/c1-11(2,21-23(13,14)15)5-7-19-9-10-20-8-6-12(3,4)22-24(16,17)18/h9-10H,5-8H2,1-4H3,(H2,13,14,15)(H2,16,17,18)/b10-9+. The third-order valence-electron chi connectivity index (χ3n) is 2.62. The lowest BCUT2D eigenvalue weighted by atomic mass is 10.1. The molecule has 0 fully saturated rings. The molecule has 12 heteroatoms. The molecule has 0 aromatic heterocycles. The highest BCUT2D eigenvalue weighted by molar-refractivity contribution is 7.46. The van der Waals surface area contributed by atoms with Gasteiger partial charge in [0.05, 0.1) is 24.4 Å². The van der Waals surface area contributed by atoms with Gasteiger partial charge in [-0.15, -0.1) is 0 Å². The third kappa shape index (κ3) is 15.1. The first-order valence-corrected chi connectivity index (χ1v) is 10.1. The van der Waals surface area contributed by atoms with Gasteiger partial charge in [-0.1, -0.05) is 0 Å². The second-order valence-electron chi connectivity index (χ2n) is 6.20. The predicted molar refractivity (Wildman–Crippen MR) is 84.7 cm³/mol. The van der Waals surface area contributed by atoms with Crippen molar-refractivity contribution >= 4 is 15.6 Å². The largest absolute Gasteiger partial charge is 0.498 e. The van der Waals surface area contributed by atoms with Gasteiger partial charge in [0.2, 0.25) is 0 Å². The van der Waals surface area contributed by atoms with E-state index in [0.29, 0.717) is 0 Å². The van der Waals surface area contributed by atoms with Crippen LogP contribution in [0, 0.1) is 0 Å². The van der Waals surface area contributed by atoms with E-state index >= 15 is 0 Å². The maximum atomic E-state index is 10.8. The van der Waals surface area contributed by atoms with Crippen molar-refractivity contribution in [2.24, 2.45) is 0 Å². The van der Waals surface area contributed by atoms with Crippen molar-refractivity contribution in [3.63, 3.8) is 0 Å². The quantitative estimate of drug-likeness (QED) is 0.220. The summed E-state index contributed by atoms with van der Waals surface area (Å²) in [4.78, 5) is 35.0. The lowest BCUT2D eigenvalue weighted by molar-refractivity contribution is 0.0343. The SMILES string of the molecule is CC(C)(CCO/C=C/OCCC(C)(C)OP(=O)(O)O)OP(=O)(O)O. The molecular formula is C12H26O10P2. The minimum atomic E-state index is -4.55. The van der Waals surface area contributed by atoms with Crippen molar-refractivity contribution in [3.05, 3.63) is 12.5 Å². The van der Waals surface area contributed by atoms with Crippen molar-refractivity contribution in [3.8, 4) is 0 Å². The molecule has 0 bridgehead atoms. The van der Waals surface area contributed by atoms with Crippen molar-refractivity contribution in [1.29, 1.82) is 0 Å². The Morgan fingerprint density at radius 1 is 0.750 bits per heavy atom. The Morgan fingerprint density at radius 2 is 1.04 bits per heavy atom. The minimum Gasteiger partial charge on any atom is -0.498 e. The van der Waals surface area contributed by atoms with E-state index in [2.05, 4.69) is 9.05 Å². The first-order chi connectivity index (χ1) is 10.6. The molecule has 0 heterocycles. The molecule has 0 aliphatic rings. The van der Waals surface area contributed by atoms with Gasteiger partial charge in [-0.25, -0.2) is 9.13 Å². The van der Waals surface area contributed by atoms with Crippen LogP contribution in [-0.4, -0.2) is 44.0 Å². The maximum Gasteiger partial charge on any atom is 0.470 e. The molecule has 0 spiro atoms. The van der Waals surface area contributed by atoms with Crippen LogP contribution < -0.4 is 0 Å². The summed E-state index contributed by atoms with van der Waals surface area (Å²) in [6.07, 6.45) is 2.99. The van der Waals surface area contributed by atoms with E-state index < -0.39 is 26.8 Å². The average molecular weight is 392 g/mol. The fourth-order valence-electron chi connectivity index (χ4n) is 1.56. The predicted octanol–water partition coefficient (Wildman–Crippen LogP) is 2.05. The first kappa shape index (κ1) is 23.6. The number of ether oxygens (including phenoxy) is 2. The minimum absolute atomic E-state index is 0.152. The summed E-state index contributed by atoms with van der Waals surface area (Å²) in [6.45, 7) is 6.41. The van der Waals surface area contributed by atoms with Gasteiger partial charge in [0.15, 0.2) is 0 Å². The van der Waals surface area contributed by atoms with E-state index in [1.165, 1.54) is 40.2 Å². The van der Waals surface area contributed by atoms with E-state index in [-0.39, 0.29) is 26.1 Å². The van der Waals surface area contributed by atoms with Crippen molar-refractivity contribution in [1.82, 2.24) is 0 Å². The van der Waals surface area contributed by atoms with Crippen LogP contribution in [0.2, 0.25) is 0 Å². The van der Waals surface area contributed by atoms with E-state index in [1.54, 1.807) is 0 Å². The van der Waals surface area contributed by atoms with Gasteiger partial charge in [-0.05, 0) is 27.7 Å². The zero-order valence-electron chi connectivity index (χ0n) is 14.1. The molecule has 0 atom stereocenters. The second kappa shape index (κ2) is 9.31. The Balaban J connectivity index is 3.92. The summed E-state index contributed by atoms with van der Waals surface area (Å²) >= 11 is 0. The van der Waals surface area contributed by atoms with Gasteiger partial charge in [0.25, 0.3) is 0 Å². The lowest BCUT2D eigenvalue weighted by Crippen LogP contribution is -2.25. The molecule has 0 aromatic rings. The van der Waals surface area contributed by atoms with Crippen molar-refractivity contribution < 1.29 is 47.2 Å². The van der Waals surface area contributed by atoms with Crippen LogP contribution in [0.25, 0.3) is 0 Å². The molecule has 0 unspecified atom stereocenters. The molecule has 4 N–H and O–H groups in total. The average Bonchev–Trinajstić information content (AvgIpc) is 2.25. The molecule has 0 aliphatic heterocycles. The van der Waals surface area contributed by atoms with Crippen LogP contribution in [0.3, 0.4) is 0 Å². The smallest absolute Gasteiger partial charge is 0.470 e. The van der Waals surface area contributed by atoms with Crippen molar-refractivity contribution in [2.75, 3.05) is 13.2 Å². The summed E-state index contributed by atoms with van der Waals surface area (Å²) in [5, 5.41) is 0. The van der Waals surface area contributed by atoms with Crippen LogP contribution in [0.15, 0.2) is 12.5 Å². The number of rotatable bonds is 12. The zero-order valence-corrected chi connectivity index (χ0v) is 15.9. The molecule has 0 aliphatic carbocycles. The van der Waals surface area contributed by atoms with Crippen molar-refractivity contribution in [2.45, 2.75) is 51.7 Å². The lowest BCUT2D eigenvalue weighted by Gasteiger charge is -2.25. The molecule has 144 valence electrons. The Bertz CT molecular complexity index is 446. The normalized spacial score (nSPS) is 14.2. The molecule has 24 heavy (non-hydrogen) atoms. The number of phosphoric ester groups is 2.